The van der Waals surface area contributed by atoms with Gasteiger partial charge in [-0.2, -0.15) is 4.68 Å². The molecule has 0 bridgehead atoms. The number of nitrogens with zero attached hydrogens (tertiary/aromatic N) is 4. The number of thioether (sulfide) groups is 1. The smallest absolute Gasteiger partial charge is 0.312 e. The Morgan fingerprint density at radius 3 is 2.71 bits per heavy atom. The van der Waals surface area contributed by atoms with Crippen LogP contribution < -0.4 is 0 Å². The highest BCUT2D eigenvalue weighted by molar-refractivity contribution is 7.99. The molecule has 21 heavy (non-hydrogen) atoms. The van der Waals surface area contributed by atoms with Gasteiger partial charge < -0.3 is 4.74 Å². The van der Waals surface area contributed by atoms with Crippen LogP contribution in [0.4, 0.5) is 0 Å². The van der Waals surface area contributed by atoms with E-state index in [9.17, 15) is 4.79 Å². The van der Waals surface area contributed by atoms with Crippen molar-refractivity contribution in [1.82, 2.24) is 20.2 Å². The summed E-state index contributed by atoms with van der Waals surface area (Å²) in [6, 6.07) is 9.64. The number of carbonyl (C=O) groups is 1. The van der Waals surface area contributed by atoms with Gasteiger partial charge >= 0.3 is 5.97 Å². The highest BCUT2D eigenvalue weighted by Gasteiger charge is 2.30. The lowest BCUT2D eigenvalue weighted by Gasteiger charge is -2.21. The number of hydrogen-bond acceptors (Lipinski definition) is 6. The summed E-state index contributed by atoms with van der Waals surface area (Å²) in [5.41, 5.74) is 0.299. The third-order valence-corrected chi connectivity index (χ3v) is 4.21. The summed E-state index contributed by atoms with van der Waals surface area (Å²) < 4.78 is 6.74. The minimum atomic E-state index is -0.589. The highest BCUT2D eigenvalue weighted by Crippen LogP contribution is 2.28. The largest absolute Gasteiger partial charge is 0.466 e. The van der Waals surface area contributed by atoms with Gasteiger partial charge in [-0.3, -0.25) is 4.79 Å². The van der Waals surface area contributed by atoms with E-state index < -0.39 is 5.41 Å². The van der Waals surface area contributed by atoms with Gasteiger partial charge in [0, 0.05) is 5.75 Å². The molecule has 0 saturated carbocycles. The second kappa shape index (κ2) is 6.71. The van der Waals surface area contributed by atoms with Gasteiger partial charge in [-0.15, -0.1) is 5.10 Å². The summed E-state index contributed by atoms with van der Waals surface area (Å²) in [7, 11) is 0. The van der Waals surface area contributed by atoms with Gasteiger partial charge in [-0.05, 0) is 43.3 Å². The van der Waals surface area contributed by atoms with Crippen LogP contribution in [0.1, 0.15) is 20.8 Å². The fourth-order valence-corrected chi connectivity index (χ4v) is 2.60. The Labute approximate surface area is 127 Å². The summed E-state index contributed by atoms with van der Waals surface area (Å²) in [5, 5.41) is 12.4. The van der Waals surface area contributed by atoms with Crippen LogP contribution in [-0.2, 0) is 9.53 Å². The van der Waals surface area contributed by atoms with Crippen LogP contribution >= 0.6 is 11.8 Å². The molecular weight excluding hydrogens is 288 g/mol. The van der Waals surface area contributed by atoms with Crippen molar-refractivity contribution in [3.63, 3.8) is 0 Å². The Hall–Kier alpha value is -1.89. The normalized spacial score (nSPS) is 11.4. The molecular formula is C14H18N4O2S. The van der Waals surface area contributed by atoms with Crippen LogP contribution in [0.2, 0.25) is 0 Å². The lowest BCUT2D eigenvalue weighted by Crippen LogP contribution is -2.29. The van der Waals surface area contributed by atoms with Gasteiger partial charge in [-0.1, -0.05) is 30.0 Å². The molecule has 0 unspecified atom stereocenters. The fraction of sp³-hybridized carbons (Fsp3) is 0.429. The fourth-order valence-electron chi connectivity index (χ4n) is 1.63. The molecule has 1 aromatic carbocycles. The standard InChI is InChI=1S/C14H18N4O2S/c1-4-20-12(19)14(2,3)10-21-13-15-16-17-18(13)11-8-6-5-7-9-11/h5-9H,4,10H2,1-3H3. The number of para-hydroxylation sites is 1. The number of hydrogen-bond donors (Lipinski definition) is 0. The molecule has 1 aromatic heterocycles. The first-order chi connectivity index (χ1) is 10.0. The van der Waals surface area contributed by atoms with E-state index in [0.717, 1.165) is 5.69 Å². The zero-order valence-corrected chi connectivity index (χ0v) is 13.1. The maximum atomic E-state index is 11.9. The van der Waals surface area contributed by atoms with Crippen LogP contribution in [0, 0.1) is 5.41 Å². The number of esters is 1. The summed E-state index contributed by atoms with van der Waals surface area (Å²) in [5.74, 6) is 0.329. The molecule has 0 atom stereocenters. The van der Waals surface area contributed by atoms with E-state index in [4.69, 9.17) is 4.74 Å². The quantitative estimate of drug-likeness (QED) is 0.602. The molecule has 0 spiro atoms. The van der Waals surface area contributed by atoms with E-state index in [-0.39, 0.29) is 5.97 Å². The van der Waals surface area contributed by atoms with Gasteiger partial charge in [0.1, 0.15) is 0 Å². The van der Waals surface area contributed by atoms with Crippen LogP contribution in [0.25, 0.3) is 5.69 Å². The molecule has 2 aromatic rings. The molecule has 2 rings (SSSR count). The third-order valence-electron chi connectivity index (χ3n) is 2.83. The zero-order valence-electron chi connectivity index (χ0n) is 12.3. The molecule has 0 N–H and O–H groups in total. The first-order valence-electron chi connectivity index (χ1n) is 6.68. The molecule has 112 valence electrons. The number of tetrazole rings is 1. The number of benzene rings is 1. The zero-order chi connectivity index (χ0) is 15.3. The predicted octanol–water partition coefficient (Wildman–Crippen LogP) is 2.34. The maximum absolute atomic E-state index is 11.9. The summed E-state index contributed by atoms with van der Waals surface area (Å²) >= 11 is 1.44. The second-order valence-electron chi connectivity index (χ2n) is 5.10. The average Bonchev–Trinajstić information content (AvgIpc) is 2.95. The van der Waals surface area contributed by atoms with E-state index in [0.29, 0.717) is 17.5 Å². The van der Waals surface area contributed by atoms with Crippen LogP contribution in [0.15, 0.2) is 35.5 Å². The number of ether oxygens (including phenoxy) is 1. The Bertz CT molecular complexity index is 598. The molecule has 0 amide bonds. The van der Waals surface area contributed by atoms with Gasteiger partial charge in [0.15, 0.2) is 0 Å². The first kappa shape index (κ1) is 15.5. The minimum absolute atomic E-state index is 0.212. The van der Waals surface area contributed by atoms with Crippen molar-refractivity contribution >= 4 is 17.7 Å². The SMILES string of the molecule is CCOC(=O)C(C)(C)CSc1nnnn1-c1ccccc1. The van der Waals surface area contributed by atoms with Crippen molar-refractivity contribution in [3.8, 4) is 5.69 Å². The molecule has 0 saturated heterocycles. The molecule has 0 radical (unpaired) electrons. The van der Waals surface area contributed by atoms with E-state index >= 15 is 0 Å². The molecule has 7 heteroatoms. The van der Waals surface area contributed by atoms with Crippen molar-refractivity contribution in [2.75, 3.05) is 12.4 Å². The Morgan fingerprint density at radius 1 is 1.33 bits per heavy atom. The molecule has 6 nitrogen and oxygen atoms in total. The van der Waals surface area contributed by atoms with E-state index in [1.807, 2.05) is 44.2 Å². The number of aromatic nitrogens is 4. The first-order valence-corrected chi connectivity index (χ1v) is 7.67. The van der Waals surface area contributed by atoms with Crippen LogP contribution in [0.3, 0.4) is 0 Å². The molecule has 0 aliphatic heterocycles. The number of rotatable bonds is 6. The third kappa shape index (κ3) is 3.81. The predicted molar refractivity (Wildman–Crippen MR) is 80.3 cm³/mol. The molecule has 0 aliphatic carbocycles. The van der Waals surface area contributed by atoms with E-state index in [1.54, 1.807) is 11.6 Å². The number of carbonyl (C=O) groups excluding carboxylic acids is 1. The van der Waals surface area contributed by atoms with Gasteiger partial charge in [0.2, 0.25) is 5.16 Å². The van der Waals surface area contributed by atoms with Crippen molar-refractivity contribution in [1.29, 1.82) is 0 Å². The molecule has 0 aliphatic rings. The van der Waals surface area contributed by atoms with Gasteiger partial charge in [0.25, 0.3) is 0 Å². The Kier molecular flexibility index (Phi) is 4.95. The Balaban J connectivity index is 2.08. The van der Waals surface area contributed by atoms with Crippen molar-refractivity contribution in [2.24, 2.45) is 5.41 Å². The minimum Gasteiger partial charge on any atom is -0.466 e. The lowest BCUT2D eigenvalue weighted by atomic mass is 9.97. The molecule has 1 heterocycles. The van der Waals surface area contributed by atoms with Crippen molar-refractivity contribution < 1.29 is 9.53 Å². The monoisotopic (exact) mass is 306 g/mol. The Morgan fingerprint density at radius 2 is 2.05 bits per heavy atom. The van der Waals surface area contributed by atoms with Crippen molar-refractivity contribution in [2.45, 2.75) is 25.9 Å². The van der Waals surface area contributed by atoms with Gasteiger partial charge in [-0.25, -0.2) is 0 Å². The summed E-state index contributed by atoms with van der Waals surface area (Å²) in [4.78, 5) is 11.9. The second-order valence-corrected chi connectivity index (χ2v) is 6.04. The van der Waals surface area contributed by atoms with E-state index in [1.165, 1.54) is 11.8 Å². The summed E-state index contributed by atoms with van der Waals surface area (Å²) in [6.07, 6.45) is 0. The van der Waals surface area contributed by atoms with Crippen molar-refractivity contribution in [3.05, 3.63) is 30.3 Å². The lowest BCUT2D eigenvalue weighted by molar-refractivity contribution is -0.152. The van der Waals surface area contributed by atoms with Gasteiger partial charge in [0.05, 0.1) is 17.7 Å². The van der Waals surface area contributed by atoms with Crippen LogP contribution in [0.5, 0.6) is 0 Å². The summed E-state index contributed by atoms with van der Waals surface area (Å²) in [6.45, 7) is 5.90. The average molecular weight is 306 g/mol. The van der Waals surface area contributed by atoms with E-state index in [2.05, 4.69) is 15.5 Å². The highest BCUT2D eigenvalue weighted by atomic mass is 32.2. The van der Waals surface area contributed by atoms with Crippen LogP contribution in [-0.4, -0.2) is 38.5 Å². The maximum Gasteiger partial charge on any atom is 0.312 e. The topological polar surface area (TPSA) is 69.9 Å². The molecule has 0 fully saturated rings.